The van der Waals surface area contributed by atoms with E-state index in [1.165, 1.54) is 17.3 Å². The van der Waals surface area contributed by atoms with E-state index in [0.29, 0.717) is 21.9 Å². The number of thioether (sulfide) groups is 1. The number of rotatable bonds is 4. The van der Waals surface area contributed by atoms with Gasteiger partial charge in [0.25, 0.3) is 5.56 Å². The lowest BCUT2D eigenvalue weighted by Crippen LogP contribution is -2.27. The number of fused-ring (bicyclic) bond motifs is 2. The molecule has 1 unspecified atom stereocenters. The summed E-state index contributed by atoms with van der Waals surface area (Å²) >= 11 is 4.88. The van der Waals surface area contributed by atoms with Crippen LogP contribution in [0.4, 0.5) is 5.69 Å². The molecule has 0 bridgehead atoms. The summed E-state index contributed by atoms with van der Waals surface area (Å²) in [5, 5.41) is 8.40. The molecule has 9 heteroatoms. The monoisotopic (exact) mass is 509 g/mol. The molecule has 2 aromatic carbocycles. The van der Waals surface area contributed by atoms with E-state index in [-0.39, 0.29) is 23.9 Å². The number of nitrogens with one attached hydrogen (secondary N) is 1. The van der Waals surface area contributed by atoms with Crippen LogP contribution in [0, 0.1) is 13.8 Å². The maximum atomic E-state index is 13.3. The minimum Gasteiger partial charge on any atom is -0.326 e. The Morgan fingerprint density at radius 3 is 2.72 bits per heavy atom. The minimum atomic E-state index is -0.250. The molecule has 0 saturated heterocycles. The van der Waals surface area contributed by atoms with Gasteiger partial charge in [0.2, 0.25) is 5.91 Å². The van der Waals surface area contributed by atoms with Crippen LogP contribution in [-0.2, 0) is 4.79 Å². The van der Waals surface area contributed by atoms with E-state index in [9.17, 15) is 9.59 Å². The fraction of sp³-hybridized carbons (Fsp3) is 0.217. The van der Waals surface area contributed by atoms with Gasteiger partial charge in [-0.25, -0.2) is 9.67 Å². The predicted octanol–water partition coefficient (Wildman–Crippen LogP) is 4.64. The van der Waals surface area contributed by atoms with E-state index in [1.807, 2.05) is 49.4 Å². The fourth-order valence-electron chi connectivity index (χ4n) is 3.79. The molecule has 0 saturated carbocycles. The van der Waals surface area contributed by atoms with Gasteiger partial charge in [-0.1, -0.05) is 33.8 Å². The zero-order valence-electron chi connectivity index (χ0n) is 17.5. The molecule has 1 aliphatic heterocycles. The van der Waals surface area contributed by atoms with Crippen molar-refractivity contribution in [3.8, 4) is 5.69 Å². The molecule has 7 nitrogen and oxygen atoms in total. The molecule has 162 valence electrons. The Hall–Kier alpha value is -2.91. The number of aromatic nitrogens is 4. The zero-order valence-corrected chi connectivity index (χ0v) is 19.9. The highest BCUT2D eigenvalue weighted by molar-refractivity contribution is 9.10. The smallest absolute Gasteiger partial charge is 0.265 e. The Bertz CT molecular complexity index is 1410. The maximum absolute atomic E-state index is 13.3. The van der Waals surface area contributed by atoms with E-state index in [0.717, 1.165) is 21.4 Å². The van der Waals surface area contributed by atoms with Crippen molar-refractivity contribution in [2.75, 3.05) is 11.1 Å². The number of carbonyl (C=O) groups excluding carboxylic acids is 1. The number of hydrogen-bond acceptors (Lipinski definition) is 5. The van der Waals surface area contributed by atoms with Crippen LogP contribution >= 0.6 is 27.7 Å². The second kappa shape index (κ2) is 8.22. The van der Waals surface area contributed by atoms with Crippen LogP contribution < -0.4 is 10.9 Å². The van der Waals surface area contributed by atoms with Gasteiger partial charge in [-0.2, -0.15) is 5.10 Å². The molecule has 4 aromatic rings. The molecule has 2 aromatic heterocycles. The maximum Gasteiger partial charge on any atom is 0.265 e. The van der Waals surface area contributed by atoms with Gasteiger partial charge in [0.1, 0.15) is 5.39 Å². The third-order valence-corrected chi connectivity index (χ3v) is 7.28. The fourth-order valence-corrected chi connectivity index (χ4v) is 5.18. The van der Waals surface area contributed by atoms with Crippen LogP contribution in [0.15, 0.2) is 63.1 Å². The topological polar surface area (TPSA) is 81.8 Å². The standard InChI is InChI=1S/C23H20BrN5O2S/c1-13-3-8-17(9-14(13)2)29-21-19(11-25-29)22(31)28-18(12-32-23(28)27-21)10-20(30)26-16-6-4-15(24)5-7-16/h3-9,11,18H,10,12H2,1-2H3,(H,26,30). The number of anilines is 1. The van der Waals surface area contributed by atoms with E-state index < -0.39 is 0 Å². The summed E-state index contributed by atoms with van der Waals surface area (Å²) in [4.78, 5) is 30.6. The Kier molecular flexibility index (Phi) is 5.38. The van der Waals surface area contributed by atoms with E-state index >= 15 is 0 Å². The molecule has 1 atom stereocenters. The van der Waals surface area contributed by atoms with Gasteiger partial charge in [-0.3, -0.25) is 14.2 Å². The van der Waals surface area contributed by atoms with Crippen LogP contribution in [0.25, 0.3) is 16.7 Å². The lowest BCUT2D eigenvalue weighted by Gasteiger charge is -2.13. The van der Waals surface area contributed by atoms with Gasteiger partial charge in [-0.15, -0.1) is 0 Å². The van der Waals surface area contributed by atoms with Gasteiger partial charge < -0.3 is 5.32 Å². The first-order valence-electron chi connectivity index (χ1n) is 10.2. The molecule has 32 heavy (non-hydrogen) atoms. The van der Waals surface area contributed by atoms with Crippen molar-refractivity contribution in [3.05, 3.63) is 74.6 Å². The van der Waals surface area contributed by atoms with Crippen LogP contribution in [0.5, 0.6) is 0 Å². The number of aryl methyl sites for hydroxylation is 2. The number of carbonyl (C=O) groups is 1. The summed E-state index contributed by atoms with van der Waals surface area (Å²) in [5.74, 6) is 0.489. The number of amides is 1. The van der Waals surface area contributed by atoms with Crippen LogP contribution in [0.3, 0.4) is 0 Å². The average molecular weight is 510 g/mol. The largest absolute Gasteiger partial charge is 0.326 e. The summed E-state index contributed by atoms with van der Waals surface area (Å²) in [6.45, 7) is 4.10. The molecule has 3 heterocycles. The lowest BCUT2D eigenvalue weighted by molar-refractivity contribution is -0.116. The van der Waals surface area contributed by atoms with Gasteiger partial charge in [0.15, 0.2) is 10.8 Å². The molecule has 1 aliphatic rings. The summed E-state index contributed by atoms with van der Waals surface area (Å²) < 4.78 is 4.29. The first-order valence-corrected chi connectivity index (χ1v) is 11.9. The van der Waals surface area contributed by atoms with Gasteiger partial charge in [-0.05, 0) is 61.4 Å². The molecule has 0 radical (unpaired) electrons. The van der Waals surface area contributed by atoms with Gasteiger partial charge in [0.05, 0.1) is 17.9 Å². The number of halogens is 1. The molecule has 1 N–H and O–H groups in total. The number of nitrogens with zero attached hydrogens (tertiary/aromatic N) is 4. The first-order chi connectivity index (χ1) is 15.4. The van der Waals surface area contributed by atoms with Crippen LogP contribution in [0.2, 0.25) is 0 Å². The van der Waals surface area contributed by atoms with E-state index in [2.05, 4.69) is 33.3 Å². The molecule has 0 spiro atoms. The van der Waals surface area contributed by atoms with Crippen molar-refractivity contribution in [3.63, 3.8) is 0 Å². The average Bonchev–Trinajstić information content (AvgIpc) is 3.37. The van der Waals surface area contributed by atoms with Crippen LogP contribution in [-0.4, -0.2) is 31.0 Å². The van der Waals surface area contributed by atoms with Crippen molar-refractivity contribution in [2.24, 2.45) is 0 Å². The molecular formula is C23H20BrN5O2S. The SMILES string of the molecule is Cc1ccc(-n2ncc3c(=O)n4c(nc32)SCC4CC(=O)Nc2ccc(Br)cc2)cc1C. The predicted molar refractivity (Wildman–Crippen MR) is 130 cm³/mol. The molecule has 0 fully saturated rings. The van der Waals surface area contributed by atoms with Crippen molar-refractivity contribution in [1.82, 2.24) is 19.3 Å². The van der Waals surface area contributed by atoms with Crippen molar-refractivity contribution < 1.29 is 4.79 Å². The molecule has 0 aliphatic carbocycles. The minimum absolute atomic E-state index is 0.136. The van der Waals surface area contributed by atoms with Crippen molar-refractivity contribution >= 4 is 50.3 Å². The van der Waals surface area contributed by atoms with E-state index in [4.69, 9.17) is 4.98 Å². The highest BCUT2D eigenvalue weighted by Crippen LogP contribution is 2.33. The Balaban J connectivity index is 1.45. The quantitative estimate of drug-likeness (QED) is 0.405. The lowest BCUT2D eigenvalue weighted by atomic mass is 10.1. The number of benzene rings is 2. The Morgan fingerprint density at radius 2 is 1.97 bits per heavy atom. The summed E-state index contributed by atoms with van der Waals surface area (Å²) in [6.07, 6.45) is 1.77. The highest BCUT2D eigenvalue weighted by atomic mass is 79.9. The Labute approximate surface area is 197 Å². The van der Waals surface area contributed by atoms with E-state index in [1.54, 1.807) is 15.4 Å². The van der Waals surface area contributed by atoms with Crippen LogP contribution in [0.1, 0.15) is 23.6 Å². The van der Waals surface area contributed by atoms with Gasteiger partial charge in [0, 0.05) is 22.3 Å². The van der Waals surface area contributed by atoms with Gasteiger partial charge >= 0.3 is 0 Å². The zero-order chi connectivity index (χ0) is 22.4. The third kappa shape index (κ3) is 3.75. The van der Waals surface area contributed by atoms with Crippen molar-refractivity contribution in [1.29, 1.82) is 0 Å². The molecule has 1 amide bonds. The number of hydrogen-bond donors (Lipinski definition) is 1. The van der Waals surface area contributed by atoms with Crippen molar-refractivity contribution in [2.45, 2.75) is 31.5 Å². The first kappa shape index (κ1) is 21.0. The normalized spacial score (nSPS) is 15.2. The summed E-state index contributed by atoms with van der Waals surface area (Å²) in [6, 6.07) is 13.2. The summed E-state index contributed by atoms with van der Waals surface area (Å²) in [5.41, 5.74) is 4.31. The Morgan fingerprint density at radius 1 is 1.19 bits per heavy atom. The second-order valence-electron chi connectivity index (χ2n) is 7.86. The summed E-state index contributed by atoms with van der Waals surface area (Å²) in [7, 11) is 0. The highest BCUT2D eigenvalue weighted by Gasteiger charge is 2.29. The second-order valence-corrected chi connectivity index (χ2v) is 9.76. The molecular weight excluding hydrogens is 490 g/mol. The molecule has 5 rings (SSSR count). The third-order valence-electron chi connectivity index (χ3n) is 5.65.